The molecule has 0 saturated heterocycles. The zero-order valence-corrected chi connectivity index (χ0v) is 31.8. The summed E-state index contributed by atoms with van der Waals surface area (Å²) in [5.41, 5.74) is 3.64. The number of fused-ring (bicyclic) bond motifs is 1. The molecule has 0 bridgehead atoms. The molecule has 1 aliphatic heterocycles. The number of carbonyl (C=O) groups excluding carboxylic acids is 1. The fraction of sp³-hybridized carbons (Fsp3) is 0.463. The van der Waals surface area contributed by atoms with Crippen LogP contribution >= 0.6 is 11.3 Å². The summed E-state index contributed by atoms with van der Waals surface area (Å²) < 4.78 is 6.71. The Labute approximate surface area is 307 Å². The van der Waals surface area contributed by atoms with Crippen molar-refractivity contribution in [1.29, 1.82) is 5.26 Å². The van der Waals surface area contributed by atoms with Crippen molar-refractivity contribution in [2.75, 3.05) is 25.1 Å². The van der Waals surface area contributed by atoms with E-state index in [4.69, 9.17) is 19.7 Å². The summed E-state index contributed by atoms with van der Waals surface area (Å²) in [6.45, 7) is 12.8. The molecule has 10 heteroatoms. The van der Waals surface area contributed by atoms with Crippen LogP contribution in [0.25, 0.3) is 11.3 Å². The Bertz CT molecular complexity index is 1850. The van der Waals surface area contributed by atoms with Gasteiger partial charge in [-0.05, 0) is 61.4 Å². The van der Waals surface area contributed by atoms with Crippen LogP contribution in [-0.4, -0.2) is 51.6 Å². The van der Waals surface area contributed by atoms with E-state index in [1.165, 1.54) is 43.2 Å². The second-order valence-electron chi connectivity index (χ2n) is 13.4. The topological polar surface area (TPSA) is 109 Å². The minimum atomic E-state index is -0.488. The van der Waals surface area contributed by atoms with Gasteiger partial charge in [0, 0.05) is 30.6 Å². The maximum absolute atomic E-state index is 13.5. The number of hydrogen-bond acceptors (Lipinski definition) is 9. The van der Waals surface area contributed by atoms with E-state index in [-0.39, 0.29) is 5.57 Å². The molecule has 0 spiro atoms. The van der Waals surface area contributed by atoms with Crippen molar-refractivity contribution in [1.82, 2.24) is 19.7 Å². The fourth-order valence-electron chi connectivity index (χ4n) is 6.56. The predicted octanol–water partition coefficient (Wildman–Crippen LogP) is 9.85. The van der Waals surface area contributed by atoms with E-state index in [2.05, 4.69) is 43.8 Å². The first-order chi connectivity index (χ1) is 24.8. The Balaban J connectivity index is 1.65. The standard InChI is InChI=1S/C41H51N7O2S/c1-7-11-16-29(9-3)26-47(27-30(10-4)17-12-8-2)41-45-37(32-20-22-33(50-6)23-21-32)39(51-41)44-36-28(5)34(25-42)40(49)48-38(36)43-35(46-48)24-31-18-14-13-15-19-31/h13-15,18-23,29-30H,7-12,16-17,24,26-27H2,1-6H3/b44-36-. The second-order valence-corrected chi connectivity index (χ2v) is 14.4. The lowest BCUT2D eigenvalue weighted by Crippen LogP contribution is -2.34. The monoisotopic (exact) mass is 705 g/mol. The molecule has 5 rings (SSSR count). The number of hydrogen-bond donors (Lipinski definition) is 0. The molecule has 0 amide bonds. The quantitative estimate of drug-likeness (QED) is 0.101. The van der Waals surface area contributed by atoms with E-state index in [9.17, 15) is 10.1 Å². The molecule has 0 saturated carbocycles. The largest absolute Gasteiger partial charge is 0.497 e. The van der Waals surface area contributed by atoms with E-state index in [0.29, 0.717) is 46.2 Å². The highest BCUT2D eigenvalue weighted by Crippen LogP contribution is 2.42. The number of unbranched alkanes of at least 4 members (excludes halogenated alkanes) is 2. The number of rotatable bonds is 18. The Hall–Kier alpha value is -4.62. The molecular weight excluding hydrogens is 655 g/mol. The number of methoxy groups -OCH3 is 1. The van der Waals surface area contributed by atoms with Crippen LogP contribution in [0.1, 0.15) is 108 Å². The molecule has 0 N–H and O–H groups in total. The molecule has 3 heterocycles. The summed E-state index contributed by atoms with van der Waals surface area (Å²) in [5.74, 6) is 2.22. The molecule has 2 aromatic heterocycles. The molecule has 268 valence electrons. The van der Waals surface area contributed by atoms with Gasteiger partial charge in [-0.3, -0.25) is 4.79 Å². The smallest absolute Gasteiger partial charge is 0.291 e. The van der Waals surface area contributed by atoms with Crippen LogP contribution in [0.2, 0.25) is 0 Å². The van der Waals surface area contributed by atoms with E-state index >= 15 is 0 Å². The van der Waals surface area contributed by atoms with Crippen molar-refractivity contribution < 1.29 is 9.53 Å². The summed E-state index contributed by atoms with van der Waals surface area (Å²) in [4.78, 5) is 31.4. The van der Waals surface area contributed by atoms with Gasteiger partial charge in [0.15, 0.2) is 16.8 Å². The van der Waals surface area contributed by atoms with Crippen molar-refractivity contribution in [3.8, 4) is 23.1 Å². The number of carbonyl (C=O) groups is 1. The average Bonchev–Trinajstić information content (AvgIpc) is 3.78. The van der Waals surface area contributed by atoms with Crippen LogP contribution < -0.4 is 9.64 Å². The van der Waals surface area contributed by atoms with Crippen molar-refractivity contribution in [3.63, 3.8) is 0 Å². The Morgan fingerprint density at radius 3 is 2.16 bits per heavy atom. The summed E-state index contributed by atoms with van der Waals surface area (Å²) >= 11 is 1.56. The van der Waals surface area contributed by atoms with Gasteiger partial charge in [0.05, 0.1) is 7.11 Å². The third-order valence-electron chi connectivity index (χ3n) is 9.81. The van der Waals surface area contributed by atoms with Gasteiger partial charge in [-0.15, -0.1) is 5.10 Å². The van der Waals surface area contributed by atoms with Gasteiger partial charge in [0.2, 0.25) is 0 Å². The molecule has 0 aliphatic carbocycles. The van der Waals surface area contributed by atoms with E-state index < -0.39 is 5.91 Å². The van der Waals surface area contributed by atoms with Crippen LogP contribution in [0.5, 0.6) is 5.75 Å². The summed E-state index contributed by atoms with van der Waals surface area (Å²) in [6, 6.07) is 19.9. The van der Waals surface area contributed by atoms with Crippen LogP contribution in [-0.2, 0) is 6.42 Å². The van der Waals surface area contributed by atoms with Crippen molar-refractivity contribution in [3.05, 3.63) is 83.0 Å². The first kappa shape index (κ1) is 37.6. The predicted molar refractivity (Wildman–Crippen MR) is 207 cm³/mol. The summed E-state index contributed by atoms with van der Waals surface area (Å²) in [6.07, 6.45) is 9.86. The minimum absolute atomic E-state index is 0.0122. The molecule has 2 unspecified atom stereocenters. The Morgan fingerprint density at radius 1 is 0.941 bits per heavy atom. The number of aromatic nitrogens is 4. The van der Waals surface area contributed by atoms with Gasteiger partial charge in [0.25, 0.3) is 5.91 Å². The van der Waals surface area contributed by atoms with Crippen molar-refractivity contribution >= 4 is 33.1 Å². The van der Waals surface area contributed by atoms with Crippen molar-refractivity contribution in [2.45, 2.75) is 92.4 Å². The number of allylic oxidation sites excluding steroid dienone is 2. The zero-order chi connectivity index (χ0) is 36.3. The zero-order valence-electron chi connectivity index (χ0n) is 31.0. The van der Waals surface area contributed by atoms with Crippen LogP contribution in [0.15, 0.2) is 70.7 Å². The Morgan fingerprint density at radius 2 is 1.59 bits per heavy atom. The first-order valence-electron chi connectivity index (χ1n) is 18.5. The molecule has 1 aliphatic rings. The number of anilines is 1. The van der Waals surface area contributed by atoms with E-state index in [1.54, 1.807) is 25.4 Å². The lowest BCUT2D eigenvalue weighted by atomic mass is 9.96. The maximum Gasteiger partial charge on any atom is 0.291 e. The first-order valence-corrected chi connectivity index (χ1v) is 19.3. The van der Waals surface area contributed by atoms with Gasteiger partial charge >= 0.3 is 0 Å². The van der Waals surface area contributed by atoms with E-state index in [1.807, 2.05) is 54.6 Å². The highest BCUT2D eigenvalue weighted by Gasteiger charge is 2.33. The molecular formula is C41H51N7O2S. The maximum atomic E-state index is 13.5. The molecule has 0 radical (unpaired) electrons. The Kier molecular flexibility index (Phi) is 13.3. The second kappa shape index (κ2) is 18.0. The number of thiazole rings is 1. The van der Waals surface area contributed by atoms with Crippen LogP contribution in [0.4, 0.5) is 10.1 Å². The van der Waals surface area contributed by atoms with Gasteiger partial charge in [-0.1, -0.05) is 108 Å². The summed E-state index contributed by atoms with van der Waals surface area (Å²) in [5, 5.41) is 16.3. The third-order valence-corrected chi connectivity index (χ3v) is 10.8. The van der Waals surface area contributed by atoms with Crippen molar-refractivity contribution in [2.24, 2.45) is 16.8 Å². The van der Waals surface area contributed by atoms with Gasteiger partial charge in [-0.25, -0.2) is 15.0 Å². The lowest BCUT2D eigenvalue weighted by molar-refractivity contribution is 0.0941. The molecule has 0 fully saturated rings. The number of benzene rings is 2. The van der Waals surface area contributed by atoms with Crippen LogP contribution in [0.3, 0.4) is 0 Å². The number of nitriles is 1. The van der Waals surface area contributed by atoms with Gasteiger partial charge in [0.1, 0.15) is 33.8 Å². The van der Waals surface area contributed by atoms with Gasteiger partial charge < -0.3 is 9.64 Å². The SMILES string of the molecule is CCCCC(CC)CN(CC(CC)CCCC)c1nc(-c2ccc(OC)cc2)c(/N=C2/C(C)=C(C#N)C(=O)n3nc(Cc4ccccc4)nc32)s1. The number of nitrogens with zero attached hydrogens (tertiary/aromatic N) is 7. The molecule has 2 atom stereocenters. The van der Waals surface area contributed by atoms with E-state index in [0.717, 1.165) is 53.6 Å². The third kappa shape index (κ3) is 9.01. The minimum Gasteiger partial charge on any atom is -0.497 e. The number of aliphatic imine (C=N–C) groups is 1. The lowest BCUT2D eigenvalue weighted by Gasteiger charge is -2.30. The normalized spacial score (nSPS) is 14.8. The highest BCUT2D eigenvalue weighted by molar-refractivity contribution is 7.19. The summed E-state index contributed by atoms with van der Waals surface area (Å²) in [7, 11) is 1.66. The van der Waals surface area contributed by atoms with Crippen LogP contribution in [0, 0.1) is 23.2 Å². The fourth-order valence-corrected chi connectivity index (χ4v) is 7.55. The average molecular weight is 706 g/mol. The molecule has 2 aromatic carbocycles. The molecule has 9 nitrogen and oxygen atoms in total. The highest BCUT2D eigenvalue weighted by atomic mass is 32.1. The molecule has 4 aromatic rings. The molecule has 51 heavy (non-hydrogen) atoms. The number of ether oxygens (including phenoxy) is 1. The van der Waals surface area contributed by atoms with Gasteiger partial charge in [-0.2, -0.15) is 9.94 Å².